The van der Waals surface area contributed by atoms with Gasteiger partial charge in [-0.2, -0.15) is 0 Å². The zero-order valence-electron chi connectivity index (χ0n) is 7.82. The first kappa shape index (κ1) is 13.0. The first-order valence-electron chi connectivity index (χ1n) is 4.27. The quantitative estimate of drug-likeness (QED) is 0.421. The molecule has 0 aromatic heterocycles. The van der Waals surface area contributed by atoms with E-state index in [2.05, 4.69) is 4.72 Å². The zero-order valence-corrected chi connectivity index (χ0v) is 8.64. The Morgan fingerprint density at radius 2 is 2.00 bits per heavy atom. The molecule has 1 unspecified atom stereocenters. The highest BCUT2D eigenvalue weighted by Gasteiger charge is 1.92. The van der Waals surface area contributed by atoms with E-state index in [1.165, 1.54) is 0 Å². The van der Waals surface area contributed by atoms with Crippen LogP contribution >= 0.6 is 0 Å². The van der Waals surface area contributed by atoms with Gasteiger partial charge in [-0.1, -0.05) is 0 Å². The van der Waals surface area contributed by atoms with Crippen molar-refractivity contribution in [1.29, 1.82) is 0 Å². The van der Waals surface area contributed by atoms with Crippen molar-refractivity contribution in [3.05, 3.63) is 0 Å². The number of hydrogen-bond donors (Lipinski definition) is 2. The van der Waals surface area contributed by atoms with E-state index in [1.807, 2.05) is 6.92 Å². The van der Waals surface area contributed by atoms with Gasteiger partial charge in [0.2, 0.25) is 11.3 Å². The summed E-state index contributed by atoms with van der Waals surface area (Å²) in [6.07, 6.45) is 0.721. The highest BCUT2D eigenvalue weighted by Crippen LogP contribution is 1.82. The predicted octanol–water partition coefficient (Wildman–Crippen LogP) is 0.156. The average molecular weight is 211 g/mol. The van der Waals surface area contributed by atoms with Crippen LogP contribution in [0, 0.1) is 0 Å². The Kier molecular flexibility index (Phi) is 10.1. The van der Waals surface area contributed by atoms with E-state index in [9.17, 15) is 4.21 Å². The van der Waals surface area contributed by atoms with Crippen molar-refractivity contribution in [3.63, 3.8) is 0 Å². The molecule has 0 heterocycles. The summed E-state index contributed by atoms with van der Waals surface area (Å²) < 4.78 is 31.0. The molecular weight excluding hydrogens is 194 g/mol. The fourth-order valence-corrected chi connectivity index (χ4v) is 1.02. The molecule has 5 nitrogen and oxygen atoms in total. The second-order valence-electron chi connectivity index (χ2n) is 2.31. The van der Waals surface area contributed by atoms with Gasteiger partial charge in [-0.15, -0.1) is 0 Å². The fraction of sp³-hybridized carbons (Fsp3) is 1.00. The Morgan fingerprint density at radius 3 is 2.62 bits per heavy atom. The van der Waals surface area contributed by atoms with E-state index >= 15 is 0 Å². The predicted molar refractivity (Wildman–Crippen MR) is 50.7 cm³/mol. The van der Waals surface area contributed by atoms with Gasteiger partial charge in [0.15, 0.2) is 0 Å². The number of rotatable bonds is 9. The number of nitrogens with one attached hydrogen (secondary N) is 1. The second-order valence-corrected chi connectivity index (χ2v) is 3.09. The minimum atomic E-state index is -1.91. The molecule has 0 rings (SSSR count). The van der Waals surface area contributed by atoms with Crippen LogP contribution in [-0.2, 0) is 20.7 Å². The summed E-state index contributed by atoms with van der Waals surface area (Å²) in [5, 5.41) is 0. The Hall–Kier alpha value is -0.0100. The summed E-state index contributed by atoms with van der Waals surface area (Å²) in [6.45, 7) is 4.88. The van der Waals surface area contributed by atoms with Crippen molar-refractivity contribution < 1.29 is 18.2 Å². The number of ether oxygens (including phenoxy) is 2. The lowest BCUT2D eigenvalue weighted by Gasteiger charge is -2.03. The highest BCUT2D eigenvalue weighted by molar-refractivity contribution is 7.77. The van der Waals surface area contributed by atoms with Crippen LogP contribution in [0.4, 0.5) is 0 Å². The zero-order chi connectivity index (χ0) is 9.94. The average Bonchev–Trinajstić information content (AvgIpc) is 2.09. The smallest absolute Gasteiger partial charge is 0.231 e. The molecule has 0 aliphatic heterocycles. The molecule has 13 heavy (non-hydrogen) atoms. The molecule has 0 spiro atoms. The molecule has 0 aliphatic carbocycles. The van der Waals surface area contributed by atoms with E-state index in [1.54, 1.807) is 0 Å². The monoisotopic (exact) mass is 211 g/mol. The maximum absolute atomic E-state index is 10.1. The first-order valence-corrected chi connectivity index (χ1v) is 5.38. The van der Waals surface area contributed by atoms with Crippen LogP contribution < -0.4 is 4.72 Å². The summed E-state index contributed by atoms with van der Waals surface area (Å²) in [7, 11) is 0. The molecule has 6 heteroatoms. The van der Waals surface area contributed by atoms with Crippen LogP contribution in [0.3, 0.4) is 0 Å². The normalized spacial score (nSPS) is 13.1. The minimum absolute atomic E-state index is 0.484. The Labute approximate surface area is 81.2 Å². The molecule has 0 aromatic carbocycles. The topological polar surface area (TPSA) is 67.8 Å². The van der Waals surface area contributed by atoms with E-state index < -0.39 is 11.3 Å². The number of hydrogen-bond acceptors (Lipinski definition) is 3. The largest absolute Gasteiger partial charge is 0.379 e. The Morgan fingerprint density at radius 1 is 1.31 bits per heavy atom. The summed E-state index contributed by atoms with van der Waals surface area (Å²) in [4.78, 5) is 0. The van der Waals surface area contributed by atoms with Crippen LogP contribution in [0.2, 0.25) is 0 Å². The Balaban J connectivity index is 2.87. The maximum atomic E-state index is 10.1. The van der Waals surface area contributed by atoms with Gasteiger partial charge in [-0.25, -0.2) is 8.93 Å². The van der Waals surface area contributed by atoms with E-state index in [0.717, 1.165) is 6.42 Å². The standard InChI is InChI=1S/C7H17NO4S/c1-2-11-6-7-12-5-3-4-8-13(9)10/h8H,2-7H2,1H3,(H,9,10). The van der Waals surface area contributed by atoms with Gasteiger partial charge in [-0.05, 0) is 13.3 Å². The molecule has 1 atom stereocenters. The van der Waals surface area contributed by atoms with Crippen LogP contribution in [0.5, 0.6) is 0 Å². The van der Waals surface area contributed by atoms with E-state index in [4.69, 9.17) is 14.0 Å². The minimum Gasteiger partial charge on any atom is -0.379 e. The molecule has 80 valence electrons. The highest BCUT2D eigenvalue weighted by atomic mass is 32.2. The lowest BCUT2D eigenvalue weighted by molar-refractivity contribution is 0.0523. The SMILES string of the molecule is CCOCCOCCCNS(=O)O. The molecule has 0 aliphatic rings. The van der Waals surface area contributed by atoms with Crippen LogP contribution in [0.15, 0.2) is 0 Å². The van der Waals surface area contributed by atoms with Crippen molar-refractivity contribution in [3.8, 4) is 0 Å². The third-order valence-electron chi connectivity index (χ3n) is 1.27. The first-order chi connectivity index (χ1) is 6.27. The van der Waals surface area contributed by atoms with Crippen molar-refractivity contribution in [1.82, 2.24) is 4.72 Å². The third-order valence-corrected chi connectivity index (χ3v) is 1.72. The van der Waals surface area contributed by atoms with Crippen molar-refractivity contribution in [2.24, 2.45) is 0 Å². The molecular formula is C7H17NO4S. The summed E-state index contributed by atoms with van der Waals surface area (Å²) in [6, 6.07) is 0. The summed E-state index contributed by atoms with van der Waals surface area (Å²) in [5.74, 6) is 0. The van der Waals surface area contributed by atoms with Gasteiger partial charge in [0.1, 0.15) is 0 Å². The van der Waals surface area contributed by atoms with E-state index in [0.29, 0.717) is 33.0 Å². The van der Waals surface area contributed by atoms with Gasteiger partial charge >= 0.3 is 0 Å². The fourth-order valence-electron chi connectivity index (χ4n) is 0.698. The van der Waals surface area contributed by atoms with Crippen molar-refractivity contribution in [2.45, 2.75) is 13.3 Å². The molecule has 0 saturated heterocycles. The maximum Gasteiger partial charge on any atom is 0.231 e. The molecule has 0 aromatic rings. The molecule has 0 saturated carbocycles. The van der Waals surface area contributed by atoms with Gasteiger partial charge < -0.3 is 9.47 Å². The van der Waals surface area contributed by atoms with Crippen LogP contribution in [-0.4, -0.2) is 41.7 Å². The summed E-state index contributed by atoms with van der Waals surface area (Å²) in [5.41, 5.74) is 0. The van der Waals surface area contributed by atoms with Gasteiger partial charge in [0.25, 0.3) is 0 Å². The third kappa shape index (κ3) is 12.0. The van der Waals surface area contributed by atoms with Gasteiger partial charge in [0.05, 0.1) is 13.2 Å². The molecule has 0 bridgehead atoms. The van der Waals surface area contributed by atoms with E-state index in [-0.39, 0.29) is 0 Å². The van der Waals surface area contributed by atoms with Gasteiger partial charge in [0, 0.05) is 19.8 Å². The molecule has 0 amide bonds. The van der Waals surface area contributed by atoms with Crippen LogP contribution in [0.1, 0.15) is 13.3 Å². The van der Waals surface area contributed by atoms with Gasteiger partial charge in [-0.3, -0.25) is 4.55 Å². The van der Waals surface area contributed by atoms with Crippen LogP contribution in [0.25, 0.3) is 0 Å². The molecule has 0 fully saturated rings. The van der Waals surface area contributed by atoms with Crippen molar-refractivity contribution in [2.75, 3.05) is 33.0 Å². The lowest BCUT2D eigenvalue weighted by Crippen LogP contribution is -2.19. The molecule has 0 radical (unpaired) electrons. The second kappa shape index (κ2) is 10.1. The Bertz CT molecular complexity index is 134. The molecule has 2 N–H and O–H groups in total. The van der Waals surface area contributed by atoms with Crippen molar-refractivity contribution >= 4 is 11.3 Å². The summed E-state index contributed by atoms with van der Waals surface area (Å²) >= 11 is -1.91. The lowest BCUT2D eigenvalue weighted by atomic mass is 10.5.